The van der Waals surface area contributed by atoms with Gasteiger partial charge >= 0.3 is 0 Å². The highest BCUT2D eigenvalue weighted by Gasteiger charge is 2.14. The number of aliphatic hydroxyl groups excluding tert-OH is 1. The lowest BCUT2D eigenvalue weighted by Crippen LogP contribution is -2.17. The number of ether oxygens (including phenoxy) is 2. The van der Waals surface area contributed by atoms with Crippen molar-refractivity contribution in [2.24, 2.45) is 5.92 Å². The molecule has 23 heavy (non-hydrogen) atoms. The Bertz CT molecular complexity index is 477. The molecule has 1 aliphatic rings. The van der Waals surface area contributed by atoms with Crippen molar-refractivity contribution in [3.63, 3.8) is 0 Å². The summed E-state index contributed by atoms with van der Waals surface area (Å²) in [7, 11) is 1.58. The molecule has 0 bridgehead atoms. The predicted octanol–water partition coefficient (Wildman–Crippen LogP) is 4.35. The maximum atomic E-state index is 10.3. The van der Waals surface area contributed by atoms with E-state index < -0.39 is 6.10 Å². The molecule has 0 aliphatic heterocycles. The standard InChI is InChI=1S/C20H30O3/c1-17-8-5-4-6-11-20(21)19(14-15-23-16-22-3)13-12-18(2)10-7-9-17/h8,10,14-15,19-21H,4-5,7,9,12-13,16H2,1-3H3/b15-14-,17-8+,18-10+/t19-,20-/m1/s1. The van der Waals surface area contributed by atoms with Gasteiger partial charge in [0.05, 0.1) is 6.26 Å². The van der Waals surface area contributed by atoms with Crippen LogP contribution in [0.25, 0.3) is 0 Å². The van der Waals surface area contributed by atoms with E-state index in [0.717, 1.165) is 38.5 Å². The zero-order valence-corrected chi connectivity index (χ0v) is 14.7. The Morgan fingerprint density at radius 3 is 2.74 bits per heavy atom. The maximum Gasteiger partial charge on any atom is 0.187 e. The summed E-state index contributed by atoms with van der Waals surface area (Å²) in [5, 5.41) is 10.3. The predicted molar refractivity (Wildman–Crippen MR) is 94.6 cm³/mol. The van der Waals surface area contributed by atoms with Crippen molar-refractivity contribution in [3.8, 4) is 11.8 Å². The van der Waals surface area contributed by atoms with Gasteiger partial charge in [0, 0.05) is 19.4 Å². The van der Waals surface area contributed by atoms with Crippen LogP contribution in [0, 0.1) is 17.8 Å². The zero-order chi connectivity index (χ0) is 16.9. The minimum atomic E-state index is -0.654. The molecule has 1 aliphatic carbocycles. The number of hydrogen-bond donors (Lipinski definition) is 1. The maximum absolute atomic E-state index is 10.3. The second-order valence-electron chi connectivity index (χ2n) is 6.05. The van der Waals surface area contributed by atoms with Crippen LogP contribution in [0.2, 0.25) is 0 Å². The van der Waals surface area contributed by atoms with Crippen molar-refractivity contribution in [2.75, 3.05) is 13.9 Å². The molecule has 0 fully saturated rings. The van der Waals surface area contributed by atoms with E-state index >= 15 is 0 Å². The summed E-state index contributed by atoms with van der Waals surface area (Å²) in [6.07, 6.45) is 13.2. The van der Waals surface area contributed by atoms with Crippen molar-refractivity contribution in [2.45, 2.75) is 58.5 Å². The molecule has 0 spiro atoms. The van der Waals surface area contributed by atoms with E-state index in [1.54, 1.807) is 13.4 Å². The van der Waals surface area contributed by atoms with E-state index in [2.05, 4.69) is 37.8 Å². The molecule has 0 saturated carbocycles. The molecule has 0 aromatic carbocycles. The van der Waals surface area contributed by atoms with Gasteiger partial charge in [0.25, 0.3) is 0 Å². The fraction of sp³-hybridized carbons (Fsp3) is 0.600. The molecular weight excluding hydrogens is 288 g/mol. The van der Waals surface area contributed by atoms with E-state index in [1.165, 1.54) is 11.1 Å². The van der Waals surface area contributed by atoms with Crippen LogP contribution in [0.5, 0.6) is 0 Å². The lowest BCUT2D eigenvalue weighted by Gasteiger charge is -2.16. The molecule has 0 aromatic rings. The van der Waals surface area contributed by atoms with Crippen LogP contribution in [-0.2, 0) is 9.47 Å². The van der Waals surface area contributed by atoms with Crippen molar-refractivity contribution in [1.82, 2.24) is 0 Å². The van der Waals surface area contributed by atoms with E-state index in [9.17, 15) is 5.11 Å². The summed E-state index contributed by atoms with van der Waals surface area (Å²) in [4.78, 5) is 0. The Morgan fingerprint density at radius 2 is 1.96 bits per heavy atom. The first-order chi connectivity index (χ1) is 11.1. The summed E-state index contributed by atoms with van der Waals surface area (Å²) < 4.78 is 10.0. The largest absolute Gasteiger partial charge is 0.475 e. The second kappa shape index (κ2) is 12.0. The highest BCUT2D eigenvalue weighted by molar-refractivity contribution is 5.12. The normalized spacial score (nSPS) is 28.7. The van der Waals surface area contributed by atoms with Crippen LogP contribution in [0.3, 0.4) is 0 Å². The smallest absolute Gasteiger partial charge is 0.187 e. The highest BCUT2D eigenvalue weighted by Crippen LogP contribution is 2.19. The first-order valence-corrected chi connectivity index (χ1v) is 8.38. The van der Waals surface area contributed by atoms with Gasteiger partial charge < -0.3 is 14.6 Å². The van der Waals surface area contributed by atoms with Gasteiger partial charge in [-0.1, -0.05) is 29.2 Å². The van der Waals surface area contributed by atoms with Crippen LogP contribution in [-0.4, -0.2) is 25.1 Å². The Kier molecular flexibility index (Phi) is 10.2. The van der Waals surface area contributed by atoms with E-state index in [4.69, 9.17) is 9.47 Å². The average Bonchev–Trinajstić information content (AvgIpc) is 2.53. The minimum absolute atomic E-state index is 0.0251. The molecule has 1 rings (SSSR count). The van der Waals surface area contributed by atoms with Crippen molar-refractivity contribution in [3.05, 3.63) is 35.6 Å². The van der Waals surface area contributed by atoms with Gasteiger partial charge in [0.2, 0.25) is 0 Å². The quantitative estimate of drug-likeness (QED) is 0.275. The molecule has 3 nitrogen and oxygen atoms in total. The molecular formula is C20H30O3. The van der Waals surface area contributed by atoms with E-state index in [1.807, 2.05) is 6.08 Å². The van der Waals surface area contributed by atoms with Crippen LogP contribution in [0.15, 0.2) is 35.6 Å². The number of aliphatic hydroxyl groups is 1. The fourth-order valence-corrected chi connectivity index (χ4v) is 2.44. The first kappa shape index (κ1) is 19.5. The topological polar surface area (TPSA) is 38.7 Å². The summed E-state index contributed by atoms with van der Waals surface area (Å²) in [6.45, 7) is 4.55. The molecule has 0 amide bonds. The van der Waals surface area contributed by atoms with Gasteiger partial charge in [-0.05, 0) is 52.0 Å². The molecule has 0 radical (unpaired) electrons. The third-order valence-electron chi connectivity index (χ3n) is 3.93. The van der Waals surface area contributed by atoms with Gasteiger partial charge in [-0.25, -0.2) is 0 Å². The second-order valence-corrected chi connectivity index (χ2v) is 6.05. The van der Waals surface area contributed by atoms with Gasteiger partial charge in [0.1, 0.15) is 6.10 Å². The first-order valence-electron chi connectivity index (χ1n) is 8.38. The van der Waals surface area contributed by atoms with Crippen LogP contribution < -0.4 is 0 Å². The van der Waals surface area contributed by atoms with Crippen molar-refractivity contribution < 1.29 is 14.6 Å². The van der Waals surface area contributed by atoms with Crippen molar-refractivity contribution in [1.29, 1.82) is 0 Å². The van der Waals surface area contributed by atoms with Crippen LogP contribution in [0.1, 0.15) is 52.4 Å². The van der Waals surface area contributed by atoms with Gasteiger partial charge in [0.15, 0.2) is 6.79 Å². The number of methoxy groups -OCH3 is 1. The average molecular weight is 318 g/mol. The molecule has 0 heterocycles. The van der Waals surface area contributed by atoms with Gasteiger partial charge in [-0.2, -0.15) is 0 Å². The summed E-state index contributed by atoms with van der Waals surface area (Å²) in [5.74, 6) is 6.04. The molecule has 2 atom stereocenters. The third-order valence-corrected chi connectivity index (χ3v) is 3.93. The Morgan fingerprint density at radius 1 is 1.22 bits per heavy atom. The fourth-order valence-electron chi connectivity index (χ4n) is 2.44. The molecule has 128 valence electrons. The molecule has 0 aromatic heterocycles. The SMILES string of the molecule is COCO/C=C\[C@H]1CC/C(C)=C/CC/C(C)=C/CCC#C[C@H]1O. The Balaban J connectivity index is 2.75. The van der Waals surface area contributed by atoms with Gasteiger partial charge in [-0.15, -0.1) is 5.92 Å². The monoisotopic (exact) mass is 318 g/mol. The highest BCUT2D eigenvalue weighted by atomic mass is 16.7. The van der Waals surface area contributed by atoms with Gasteiger partial charge in [-0.3, -0.25) is 0 Å². The Hall–Kier alpha value is -1.50. The zero-order valence-electron chi connectivity index (χ0n) is 14.7. The number of hydrogen-bond acceptors (Lipinski definition) is 3. The van der Waals surface area contributed by atoms with E-state index in [0.29, 0.717) is 0 Å². The molecule has 3 heteroatoms. The lowest BCUT2D eigenvalue weighted by molar-refractivity contribution is 0.0188. The van der Waals surface area contributed by atoms with Crippen LogP contribution in [0.4, 0.5) is 0 Å². The lowest BCUT2D eigenvalue weighted by atomic mass is 9.94. The van der Waals surface area contributed by atoms with Crippen LogP contribution >= 0.6 is 0 Å². The molecule has 0 saturated heterocycles. The minimum Gasteiger partial charge on any atom is -0.475 e. The summed E-state index contributed by atoms with van der Waals surface area (Å²) in [6, 6.07) is 0. The molecule has 0 unspecified atom stereocenters. The molecule has 1 N–H and O–H groups in total. The number of allylic oxidation sites excluding steroid dienone is 4. The number of rotatable bonds is 4. The van der Waals surface area contributed by atoms with Crippen molar-refractivity contribution >= 4 is 0 Å². The summed E-state index contributed by atoms with van der Waals surface area (Å²) in [5.41, 5.74) is 2.79. The van der Waals surface area contributed by atoms with E-state index in [-0.39, 0.29) is 12.7 Å². The summed E-state index contributed by atoms with van der Waals surface area (Å²) >= 11 is 0. The third kappa shape index (κ3) is 9.28. The Labute approximate surface area is 141 Å².